The van der Waals surface area contributed by atoms with Gasteiger partial charge in [0.15, 0.2) is 0 Å². The van der Waals surface area contributed by atoms with E-state index in [2.05, 4.69) is 9.97 Å². The molecule has 0 fully saturated rings. The molecule has 1 amide bonds. The van der Waals surface area contributed by atoms with Gasteiger partial charge in [-0.15, -0.1) is 0 Å². The molecule has 3 rings (SSSR count). The summed E-state index contributed by atoms with van der Waals surface area (Å²) in [6, 6.07) is 15.5. The molecule has 0 spiro atoms. The Morgan fingerprint density at radius 1 is 1.06 bits per heavy atom. The first-order valence-corrected chi connectivity index (χ1v) is 12.7. The Balaban J connectivity index is 1.84. The smallest absolute Gasteiger partial charge is 0.404 e. The van der Waals surface area contributed by atoms with Crippen LogP contribution in [-0.4, -0.2) is 59.2 Å². The predicted molar refractivity (Wildman–Crippen MR) is 132 cm³/mol. The van der Waals surface area contributed by atoms with Crippen molar-refractivity contribution >= 4 is 16.1 Å². The molecule has 0 unspecified atom stereocenters. The van der Waals surface area contributed by atoms with Gasteiger partial charge < -0.3 is 15.6 Å². The second-order valence-corrected chi connectivity index (χ2v) is 10.5. The molecule has 0 aliphatic carbocycles. The summed E-state index contributed by atoms with van der Waals surface area (Å²) in [6.45, 7) is 3.66. The molecule has 0 bridgehead atoms. The molecule has 0 radical (unpaired) electrons. The quantitative estimate of drug-likeness (QED) is 0.415. The van der Waals surface area contributed by atoms with E-state index in [-0.39, 0.29) is 30.3 Å². The van der Waals surface area contributed by atoms with Crippen LogP contribution in [0.2, 0.25) is 0 Å². The third-order valence-electron chi connectivity index (χ3n) is 5.29. The number of carbonyl (C=O) groups excluding carboxylic acids is 1. The molecule has 0 aliphatic heterocycles. The van der Waals surface area contributed by atoms with Crippen LogP contribution in [0.5, 0.6) is 0 Å². The summed E-state index contributed by atoms with van der Waals surface area (Å²) in [7, 11) is -3.96. The van der Waals surface area contributed by atoms with Gasteiger partial charge in [0, 0.05) is 37.5 Å². The SMILES string of the molecule is CC(C)CN(C[C@H](O)[C@H](Cc1ccccc1)OC(N)=O)S(=O)(=O)c1ccc(-c2cnccn2)cc1. The number of hydrogen-bond donors (Lipinski definition) is 2. The molecule has 2 aromatic carbocycles. The number of primary amides is 1. The summed E-state index contributed by atoms with van der Waals surface area (Å²) in [5, 5.41) is 11.0. The number of benzene rings is 2. The summed E-state index contributed by atoms with van der Waals surface area (Å²) in [6.07, 6.45) is 1.55. The highest BCUT2D eigenvalue weighted by Crippen LogP contribution is 2.23. The number of aromatic nitrogens is 2. The molecule has 3 N–H and O–H groups in total. The van der Waals surface area contributed by atoms with Crippen molar-refractivity contribution < 1.29 is 23.1 Å². The largest absolute Gasteiger partial charge is 0.443 e. The van der Waals surface area contributed by atoms with Gasteiger partial charge in [0.2, 0.25) is 10.0 Å². The van der Waals surface area contributed by atoms with Crippen LogP contribution in [0.15, 0.2) is 78.1 Å². The number of rotatable bonds is 11. The van der Waals surface area contributed by atoms with Gasteiger partial charge in [-0.3, -0.25) is 9.97 Å². The number of sulfonamides is 1. The second kappa shape index (κ2) is 11.9. The summed E-state index contributed by atoms with van der Waals surface area (Å²) < 4.78 is 33.4. The van der Waals surface area contributed by atoms with Crippen molar-refractivity contribution in [3.63, 3.8) is 0 Å². The fourth-order valence-corrected chi connectivity index (χ4v) is 5.27. The van der Waals surface area contributed by atoms with Gasteiger partial charge in [0.05, 0.1) is 16.8 Å². The topological polar surface area (TPSA) is 136 Å². The highest BCUT2D eigenvalue weighted by molar-refractivity contribution is 7.89. The van der Waals surface area contributed by atoms with Crippen molar-refractivity contribution in [2.45, 2.75) is 37.4 Å². The number of aliphatic hydroxyl groups excluding tert-OH is 1. The van der Waals surface area contributed by atoms with E-state index in [9.17, 15) is 18.3 Å². The van der Waals surface area contributed by atoms with Crippen LogP contribution in [0.25, 0.3) is 11.3 Å². The van der Waals surface area contributed by atoms with Crippen LogP contribution in [0.3, 0.4) is 0 Å². The van der Waals surface area contributed by atoms with Crippen molar-refractivity contribution in [3.05, 3.63) is 78.8 Å². The summed E-state index contributed by atoms with van der Waals surface area (Å²) in [5.41, 5.74) is 7.39. The normalized spacial score (nSPS) is 13.5. The molecular formula is C25H30N4O5S. The third kappa shape index (κ3) is 7.32. The minimum Gasteiger partial charge on any atom is -0.443 e. The Bertz CT molecular complexity index is 1190. The molecule has 10 heteroatoms. The molecule has 9 nitrogen and oxygen atoms in total. The Labute approximate surface area is 205 Å². The summed E-state index contributed by atoms with van der Waals surface area (Å²) in [4.78, 5) is 19.8. The number of aliphatic hydroxyl groups is 1. The maximum atomic E-state index is 13.5. The zero-order chi connectivity index (χ0) is 25.4. The number of amides is 1. The standard InChI is InChI=1S/C25H30N4O5S/c1-18(2)16-29(17-23(30)24(34-25(26)31)14-19-6-4-3-5-7-19)35(32,33)21-10-8-20(9-11-21)22-15-27-12-13-28-22/h3-13,15,18,23-24,30H,14,16-17H2,1-2H3,(H2,26,31)/t23-,24-/m0/s1. The zero-order valence-electron chi connectivity index (χ0n) is 19.7. The van der Waals surface area contributed by atoms with E-state index in [1.807, 2.05) is 44.2 Å². The van der Waals surface area contributed by atoms with Gasteiger partial charge in [0.1, 0.15) is 12.2 Å². The zero-order valence-corrected chi connectivity index (χ0v) is 20.5. The molecule has 3 aromatic rings. The van der Waals surface area contributed by atoms with Crippen molar-refractivity contribution in [2.75, 3.05) is 13.1 Å². The lowest BCUT2D eigenvalue weighted by Crippen LogP contribution is -2.46. The van der Waals surface area contributed by atoms with E-state index in [0.29, 0.717) is 5.69 Å². The summed E-state index contributed by atoms with van der Waals surface area (Å²) >= 11 is 0. The van der Waals surface area contributed by atoms with Crippen molar-refractivity contribution in [2.24, 2.45) is 11.7 Å². The minimum absolute atomic E-state index is 0.0135. The van der Waals surface area contributed by atoms with Crippen LogP contribution in [0.4, 0.5) is 4.79 Å². The average molecular weight is 499 g/mol. The lowest BCUT2D eigenvalue weighted by Gasteiger charge is -2.29. The maximum absolute atomic E-state index is 13.5. The molecule has 35 heavy (non-hydrogen) atoms. The first-order chi connectivity index (χ1) is 16.7. The minimum atomic E-state index is -3.96. The first kappa shape index (κ1) is 26.3. The number of carbonyl (C=O) groups is 1. The molecule has 0 aliphatic rings. The van der Waals surface area contributed by atoms with Gasteiger partial charge in [0.25, 0.3) is 0 Å². The number of nitrogens with zero attached hydrogens (tertiary/aromatic N) is 3. The fourth-order valence-electron chi connectivity index (χ4n) is 3.65. The van der Waals surface area contributed by atoms with Crippen molar-refractivity contribution in [3.8, 4) is 11.3 Å². The fraction of sp³-hybridized carbons (Fsp3) is 0.320. The van der Waals surface area contributed by atoms with E-state index in [4.69, 9.17) is 10.5 Å². The van der Waals surface area contributed by atoms with Crippen LogP contribution in [-0.2, 0) is 21.2 Å². The van der Waals surface area contributed by atoms with Crippen LogP contribution >= 0.6 is 0 Å². The first-order valence-electron chi connectivity index (χ1n) is 11.2. The number of nitrogens with two attached hydrogens (primary N) is 1. The van der Waals surface area contributed by atoms with Crippen LogP contribution in [0.1, 0.15) is 19.4 Å². The number of hydrogen-bond acceptors (Lipinski definition) is 7. The van der Waals surface area contributed by atoms with E-state index in [1.54, 1.807) is 30.7 Å². The lowest BCUT2D eigenvalue weighted by atomic mass is 10.0. The number of ether oxygens (including phenoxy) is 1. The monoisotopic (exact) mass is 498 g/mol. The highest BCUT2D eigenvalue weighted by atomic mass is 32.2. The van der Waals surface area contributed by atoms with E-state index >= 15 is 0 Å². The third-order valence-corrected chi connectivity index (χ3v) is 7.13. The molecular weight excluding hydrogens is 468 g/mol. The van der Waals surface area contributed by atoms with Gasteiger partial charge in [-0.2, -0.15) is 4.31 Å². The Kier molecular flexibility index (Phi) is 8.91. The summed E-state index contributed by atoms with van der Waals surface area (Å²) in [5.74, 6) is -0.0135. The highest BCUT2D eigenvalue weighted by Gasteiger charge is 2.32. The van der Waals surface area contributed by atoms with Gasteiger partial charge in [-0.25, -0.2) is 13.2 Å². The molecule has 0 saturated heterocycles. The van der Waals surface area contributed by atoms with Crippen molar-refractivity contribution in [1.29, 1.82) is 0 Å². The molecule has 0 saturated carbocycles. The van der Waals surface area contributed by atoms with Crippen LogP contribution < -0.4 is 5.73 Å². The second-order valence-electron chi connectivity index (χ2n) is 8.56. The van der Waals surface area contributed by atoms with Gasteiger partial charge >= 0.3 is 6.09 Å². The van der Waals surface area contributed by atoms with Gasteiger partial charge in [-0.05, 0) is 23.6 Å². The molecule has 186 valence electrons. The lowest BCUT2D eigenvalue weighted by molar-refractivity contribution is -0.00189. The Morgan fingerprint density at radius 2 is 1.74 bits per heavy atom. The molecule has 2 atom stereocenters. The van der Waals surface area contributed by atoms with E-state index in [1.165, 1.54) is 16.4 Å². The van der Waals surface area contributed by atoms with E-state index < -0.39 is 28.3 Å². The van der Waals surface area contributed by atoms with E-state index in [0.717, 1.165) is 11.1 Å². The predicted octanol–water partition coefficient (Wildman–Crippen LogP) is 2.86. The van der Waals surface area contributed by atoms with Crippen LogP contribution in [0, 0.1) is 5.92 Å². The molecule has 1 aromatic heterocycles. The average Bonchev–Trinajstić information content (AvgIpc) is 2.84. The molecule has 1 heterocycles. The van der Waals surface area contributed by atoms with Gasteiger partial charge in [-0.1, -0.05) is 56.3 Å². The van der Waals surface area contributed by atoms with Crippen molar-refractivity contribution in [1.82, 2.24) is 14.3 Å². The maximum Gasteiger partial charge on any atom is 0.404 e. The Morgan fingerprint density at radius 3 is 2.31 bits per heavy atom. The Hall–Kier alpha value is -3.34.